The molecule has 0 saturated heterocycles. The van der Waals surface area contributed by atoms with Crippen LogP contribution in [0.15, 0.2) is 50.3 Å². The van der Waals surface area contributed by atoms with Gasteiger partial charge in [-0.2, -0.15) is 0 Å². The summed E-state index contributed by atoms with van der Waals surface area (Å²) >= 11 is 12.1. The first-order chi connectivity index (χ1) is 19.5. The lowest BCUT2D eigenvalue weighted by molar-refractivity contribution is 0.0428. The minimum atomic E-state index is -0.238. The smallest absolute Gasteiger partial charge is 0.348 e. The molecule has 4 aromatic heterocycles. The molecule has 0 spiro atoms. The number of rotatable bonds is 13. The van der Waals surface area contributed by atoms with E-state index in [1.54, 1.807) is 35.1 Å². The Balaban J connectivity index is 1.54. The van der Waals surface area contributed by atoms with Gasteiger partial charge >= 0.3 is 5.97 Å². The van der Waals surface area contributed by atoms with Crippen molar-refractivity contribution in [1.82, 2.24) is 9.97 Å². The van der Waals surface area contributed by atoms with E-state index in [0.29, 0.717) is 17.4 Å². The molecule has 4 heterocycles. The molecule has 0 bridgehead atoms. The first-order valence-corrected chi connectivity index (χ1v) is 17.9. The summed E-state index contributed by atoms with van der Waals surface area (Å²) in [5.74, 6) is 0.182. The molecular formula is C31H32Br2N2O2S3. The molecule has 0 radical (unpaired) electrons. The van der Waals surface area contributed by atoms with Gasteiger partial charge in [0.15, 0.2) is 0 Å². The van der Waals surface area contributed by atoms with Crippen molar-refractivity contribution in [3.8, 4) is 20.9 Å². The quantitative estimate of drug-likeness (QED) is 0.0898. The monoisotopic (exact) mass is 718 g/mol. The molecule has 0 aliphatic carbocycles. The molecule has 0 N–H and O–H groups in total. The molecule has 0 aliphatic rings. The van der Waals surface area contributed by atoms with Crippen molar-refractivity contribution in [3.05, 3.63) is 55.2 Å². The molecule has 4 nitrogen and oxygen atoms in total. The molecule has 0 aliphatic heterocycles. The van der Waals surface area contributed by atoms with Gasteiger partial charge in [0, 0.05) is 43.4 Å². The Morgan fingerprint density at radius 1 is 0.825 bits per heavy atom. The van der Waals surface area contributed by atoms with E-state index in [4.69, 9.17) is 14.7 Å². The van der Waals surface area contributed by atoms with Crippen LogP contribution in [-0.4, -0.2) is 22.5 Å². The number of hydrogen-bond acceptors (Lipinski definition) is 7. The number of aromatic nitrogens is 2. The van der Waals surface area contributed by atoms with E-state index in [-0.39, 0.29) is 5.97 Å². The van der Waals surface area contributed by atoms with Gasteiger partial charge in [-0.3, -0.25) is 9.97 Å². The maximum absolute atomic E-state index is 13.5. The summed E-state index contributed by atoms with van der Waals surface area (Å²) in [5, 5.41) is 1.01. The molecule has 210 valence electrons. The Labute approximate surface area is 264 Å². The molecular weight excluding hydrogens is 688 g/mol. The fraction of sp³-hybridized carbons (Fsp3) is 0.387. The lowest BCUT2D eigenvalue weighted by atomic mass is 9.96. The molecule has 0 fully saturated rings. The zero-order chi connectivity index (χ0) is 28.1. The van der Waals surface area contributed by atoms with Gasteiger partial charge in [0.25, 0.3) is 0 Å². The van der Waals surface area contributed by atoms with Crippen LogP contribution in [-0.2, 0) is 4.74 Å². The summed E-state index contributed by atoms with van der Waals surface area (Å²) in [6, 6.07) is 10.3. The number of thiophene rings is 3. The third-order valence-corrected chi connectivity index (χ3v) is 11.5. The first kappa shape index (κ1) is 29.8. The van der Waals surface area contributed by atoms with Crippen molar-refractivity contribution in [2.45, 2.75) is 65.2 Å². The second-order valence-electron chi connectivity index (χ2n) is 10.0. The van der Waals surface area contributed by atoms with E-state index in [0.717, 1.165) is 68.8 Å². The molecule has 1 atom stereocenters. The number of carbonyl (C=O) groups excluding carboxylic acids is 1. The van der Waals surface area contributed by atoms with Crippen molar-refractivity contribution in [2.24, 2.45) is 5.92 Å². The largest absolute Gasteiger partial charge is 0.461 e. The molecule has 1 aromatic carbocycles. The van der Waals surface area contributed by atoms with E-state index >= 15 is 0 Å². The van der Waals surface area contributed by atoms with E-state index in [1.165, 1.54) is 43.4 Å². The molecule has 1 unspecified atom stereocenters. The molecule has 5 aromatic rings. The lowest BCUT2D eigenvalue weighted by Crippen LogP contribution is -2.14. The van der Waals surface area contributed by atoms with Gasteiger partial charge < -0.3 is 4.74 Å². The fourth-order valence-electron chi connectivity index (χ4n) is 5.11. The molecule has 40 heavy (non-hydrogen) atoms. The van der Waals surface area contributed by atoms with Gasteiger partial charge in [0.05, 0.1) is 25.2 Å². The zero-order valence-electron chi connectivity index (χ0n) is 22.7. The minimum absolute atomic E-state index is 0.238. The van der Waals surface area contributed by atoms with E-state index in [1.807, 2.05) is 6.07 Å². The molecule has 0 saturated carbocycles. The average Bonchev–Trinajstić information content (AvgIpc) is 3.70. The summed E-state index contributed by atoms with van der Waals surface area (Å²) in [6.07, 6.45) is 13.0. The SMILES string of the molecule is CCCCCCC(CCCC)COC(=O)c1cc2c(-c3ccc(Br)s3)c3nccnc3c(-c3ccc(Br)s3)c2s1. The number of nitrogens with zero attached hydrogens (tertiary/aromatic N) is 2. The molecule has 9 heteroatoms. The van der Waals surface area contributed by atoms with Crippen LogP contribution >= 0.6 is 65.9 Å². The number of unbranched alkanes of at least 4 members (excludes halogenated alkanes) is 4. The van der Waals surface area contributed by atoms with Crippen molar-refractivity contribution >= 4 is 93.0 Å². The van der Waals surface area contributed by atoms with Gasteiger partial charge in [-0.15, -0.1) is 34.0 Å². The number of halogens is 2. The minimum Gasteiger partial charge on any atom is -0.461 e. The van der Waals surface area contributed by atoms with Gasteiger partial charge in [-0.25, -0.2) is 4.79 Å². The lowest BCUT2D eigenvalue weighted by Gasteiger charge is -2.16. The summed E-state index contributed by atoms with van der Waals surface area (Å²) in [4.78, 5) is 25.9. The first-order valence-electron chi connectivity index (χ1n) is 13.9. The van der Waals surface area contributed by atoms with Crippen molar-refractivity contribution in [1.29, 1.82) is 0 Å². The van der Waals surface area contributed by atoms with Crippen LogP contribution < -0.4 is 0 Å². The predicted octanol–water partition coefficient (Wildman–Crippen LogP) is 11.8. The van der Waals surface area contributed by atoms with Crippen LogP contribution in [0.3, 0.4) is 0 Å². The summed E-state index contributed by atoms with van der Waals surface area (Å²) < 4.78 is 9.13. The van der Waals surface area contributed by atoms with Crippen LogP contribution in [0.25, 0.3) is 42.0 Å². The van der Waals surface area contributed by atoms with Crippen molar-refractivity contribution in [2.75, 3.05) is 6.61 Å². The number of benzene rings is 1. The second kappa shape index (κ2) is 14.0. The van der Waals surface area contributed by atoms with Crippen LogP contribution in [0.1, 0.15) is 74.9 Å². The Morgan fingerprint density at radius 2 is 1.45 bits per heavy atom. The van der Waals surface area contributed by atoms with E-state index < -0.39 is 0 Å². The third kappa shape index (κ3) is 6.70. The maximum Gasteiger partial charge on any atom is 0.348 e. The zero-order valence-corrected chi connectivity index (χ0v) is 28.3. The number of fused-ring (bicyclic) bond motifs is 2. The highest BCUT2D eigenvalue weighted by Crippen LogP contribution is 2.49. The normalized spacial score (nSPS) is 12.4. The van der Waals surface area contributed by atoms with Crippen molar-refractivity contribution < 1.29 is 9.53 Å². The van der Waals surface area contributed by atoms with Crippen molar-refractivity contribution in [3.63, 3.8) is 0 Å². The predicted molar refractivity (Wildman–Crippen MR) is 179 cm³/mol. The van der Waals surface area contributed by atoms with Gasteiger partial charge in [-0.05, 0) is 81.0 Å². The number of hydrogen-bond donors (Lipinski definition) is 0. The molecule has 0 amide bonds. The summed E-state index contributed by atoms with van der Waals surface area (Å²) in [5.41, 5.74) is 3.72. The van der Waals surface area contributed by atoms with Crippen LogP contribution in [0.5, 0.6) is 0 Å². The van der Waals surface area contributed by atoms with Crippen LogP contribution in [0.2, 0.25) is 0 Å². The number of carbonyl (C=O) groups is 1. The summed E-state index contributed by atoms with van der Waals surface area (Å²) in [7, 11) is 0. The Bertz CT molecular complexity index is 1510. The Kier molecular flexibility index (Phi) is 10.4. The fourth-order valence-corrected chi connectivity index (χ4v) is 9.17. The average molecular weight is 721 g/mol. The Hall–Kier alpha value is -1.65. The summed E-state index contributed by atoms with van der Waals surface area (Å²) in [6.45, 7) is 4.94. The van der Waals surface area contributed by atoms with Gasteiger partial charge in [-0.1, -0.05) is 52.4 Å². The highest BCUT2D eigenvalue weighted by atomic mass is 79.9. The molecule has 5 rings (SSSR count). The second-order valence-corrected chi connectivity index (χ2v) is 16.0. The highest BCUT2D eigenvalue weighted by molar-refractivity contribution is 9.11. The van der Waals surface area contributed by atoms with Gasteiger partial charge in [0.1, 0.15) is 4.88 Å². The Morgan fingerprint density at radius 3 is 2.08 bits per heavy atom. The number of ether oxygens (including phenoxy) is 1. The van der Waals surface area contributed by atoms with Crippen LogP contribution in [0.4, 0.5) is 0 Å². The number of esters is 1. The van der Waals surface area contributed by atoms with Crippen LogP contribution in [0, 0.1) is 5.92 Å². The maximum atomic E-state index is 13.5. The van der Waals surface area contributed by atoms with Gasteiger partial charge in [0.2, 0.25) is 0 Å². The third-order valence-electron chi connectivity index (χ3n) is 7.12. The highest BCUT2D eigenvalue weighted by Gasteiger charge is 2.25. The van der Waals surface area contributed by atoms with E-state index in [2.05, 4.69) is 70.0 Å². The topological polar surface area (TPSA) is 52.1 Å². The van der Waals surface area contributed by atoms with E-state index in [9.17, 15) is 4.79 Å². The standard InChI is InChI=1S/C31H32Br2N2O2S3/c1-3-5-7-8-10-19(9-6-4-2)18-37-31(36)23-17-20-26(21-11-13-24(32)38-21)28-29(35-16-15-34-28)27(30(20)40-23)22-12-14-25(33)39-22/h11-17,19H,3-10,18H2,1-2H3.